The van der Waals surface area contributed by atoms with Crippen molar-refractivity contribution < 1.29 is 5.11 Å². The number of H-pyrrole nitrogens is 1. The first-order valence-corrected chi connectivity index (χ1v) is 10.0. The number of allylic oxidation sites excluding steroid dienone is 1. The third-order valence-electron chi connectivity index (χ3n) is 4.96. The Balaban J connectivity index is 1.35. The smallest absolute Gasteiger partial charge is 0.254 e. The predicted molar refractivity (Wildman–Crippen MR) is 105 cm³/mol. The van der Waals surface area contributed by atoms with Crippen molar-refractivity contribution in [1.82, 2.24) is 14.9 Å². The SMILES string of the molecule is O=c1[nH]cnc2c1CC=C2CN1C[C@H](CSc2ccc(Cl)cc2)[C@H](O)C1. The van der Waals surface area contributed by atoms with E-state index >= 15 is 0 Å². The Bertz CT molecular complexity index is 881. The Morgan fingerprint density at radius 3 is 2.92 bits per heavy atom. The fourth-order valence-corrected chi connectivity index (χ4v) is 4.75. The standard InChI is InChI=1S/C19H20ClN3O2S/c20-14-2-4-15(5-3-14)26-10-13-8-23(9-17(13)24)7-12-1-6-16-18(12)21-11-22-19(16)25/h1-5,11,13,17,24H,6-10H2,(H,21,22,25)/t13-,17-/m1/s1. The number of aromatic nitrogens is 2. The fraction of sp³-hybridized carbons (Fsp3) is 0.368. The number of aliphatic hydroxyl groups is 1. The monoisotopic (exact) mass is 389 g/mol. The van der Waals surface area contributed by atoms with Crippen LogP contribution < -0.4 is 5.56 Å². The molecule has 1 aromatic carbocycles. The number of hydrogen-bond acceptors (Lipinski definition) is 5. The van der Waals surface area contributed by atoms with Crippen LogP contribution in [0.4, 0.5) is 0 Å². The summed E-state index contributed by atoms with van der Waals surface area (Å²) in [5.74, 6) is 1.09. The molecule has 5 nitrogen and oxygen atoms in total. The van der Waals surface area contributed by atoms with Crippen LogP contribution in [0.5, 0.6) is 0 Å². The molecule has 0 spiro atoms. The molecular formula is C19H20ClN3O2S. The van der Waals surface area contributed by atoms with Crippen molar-refractivity contribution in [2.75, 3.05) is 25.4 Å². The molecule has 4 rings (SSSR count). The lowest BCUT2D eigenvalue weighted by Crippen LogP contribution is -2.24. The van der Waals surface area contributed by atoms with Crippen LogP contribution in [0, 0.1) is 5.92 Å². The summed E-state index contributed by atoms with van der Waals surface area (Å²) in [6.07, 6.45) is 3.85. The predicted octanol–water partition coefficient (Wildman–Crippen LogP) is 2.45. The summed E-state index contributed by atoms with van der Waals surface area (Å²) in [5.41, 5.74) is 2.59. The number of fused-ring (bicyclic) bond motifs is 1. The van der Waals surface area contributed by atoms with Crippen LogP contribution in [0.1, 0.15) is 11.3 Å². The minimum Gasteiger partial charge on any atom is -0.391 e. The van der Waals surface area contributed by atoms with E-state index in [9.17, 15) is 9.90 Å². The van der Waals surface area contributed by atoms with Gasteiger partial charge in [-0.2, -0.15) is 0 Å². The summed E-state index contributed by atoms with van der Waals surface area (Å²) in [4.78, 5) is 22.2. The molecule has 2 aliphatic rings. The van der Waals surface area contributed by atoms with Crippen molar-refractivity contribution in [3.8, 4) is 0 Å². The van der Waals surface area contributed by atoms with Gasteiger partial charge in [0, 0.05) is 46.8 Å². The molecule has 136 valence electrons. The second-order valence-electron chi connectivity index (χ2n) is 6.78. The first-order chi connectivity index (χ1) is 12.6. The number of β-amino-alcohol motifs (C(OH)–C–C–N with tert-alkyl or cyclic N) is 1. The Labute approximate surface area is 161 Å². The van der Waals surface area contributed by atoms with Crippen LogP contribution in [0.3, 0.4) is 0 Å². The quantitative estimate of drug-likeness (QED) is 0.769. The molecule has 0 bridgehead atoms. The molecule has 1 saturated heterocycles. The van der Waals surface area contributed by atoms with Crippen LogP contribution in [0.2, 0.25) is 5.02 Å². The van der Waals surface area contributed by atoms with Crippen molar-refractivity contribution in [3.63, 3.8) is 0 Å². The molecule has 1 aliphatic heterocycles. The molecule has 0 unspecified atom stereocenters. The molecule has 1 aliphatic carbocycles. The van der Waals surface area contributed by atoms with Gasteiger partial charge < -0.3 is 10.1 Å². The van der Waals surface area contributed by atoms with Crippen LogP contribution in [-0.4, -0.2) is 51.5 Å². The van der Waals surface area contributed by atoms with Gasteiger partial charge in [-0.15, -0.1) is 11.8 Å². The molecule has 26 heavy (non-hydrogen) atoms. The largest absolute Gasteiger partial charge is 0.391 e. The second kappa shape index (κ2) is 7.56. The summed E-state index contributed by atoms with van der Waals surface area (Å²) in [5, 5.41) is 11.2. The highest BCUT2D eigenvalue weighted by Crippen LogP contribution is 2.29. The van der Waals surface area contributed by atoms with E-state index in [2.05, 4.69) is 20.9 Å². The number of halogens is 1. The second-order valence-corrected chi connectivity index (χ2v) is 8.31. The van der Waals surface area contributed by atoms with Gasteiger partial charge in [-0.25, -0.2) is 4.98 Å². The van der Waals surface area contributed by atoms with Crippen LogP contribution in [-0.2, 0) is 6.42 Å². The zero-order valence-electron chi connectivity index (χ0n) is 14.2. The molecule has 0 amide bonds. The number of thioether (sulfide) groups is 1. The van der Waals surface area contributed by atoms with Crippen LogP contribution in [0.15, 0.2) is 46.4 Å². The number of rotatable bonds is 5. The maximum atomic E-state index is 11.8. The van der Waals surface area contributed by atoms with E-state index in [1.807, 2.05) is 24.3 Å². The van der Waals surface area contributed by atoms with Crippen molar-refractivity contribution in [1.29, 1.82) is 0 Å². The molecule has 2 atom stereocenters. The summed E-state index contributed by atoms with van der Waals surface area (Å²) >= 11 is 7.67. The molecule has 1 fully saturated rings. The maximum Gasteiger partial charge on any atom is 0.254 e. The van der Waals surface area contributed by atoms with E-state index in [4.69, 9.17) is 11.6 Å². The van der Waals surface area contributed by atoms with Crippen molar-refractivity contribution in [3.05, 3.63) is 63.3 Å². The van der Waals surface area contributed by atoms with Crippen molar-refractivity contribution in [2.45, 2.75) is 17.4 Å². The number of benzene rings is 1. The third-order valence-corrected chi connectivity index (χ3v) is 6.41. The molecule has 2 heterocycles. The molecule has 7 heteroatoms. The number of aliphatic hydroxyl groups excluding tert-OH is 1. The van der Waals surface area contributed by atoms with E-state index in [1.165, 1.54) is 6.33 Å². The first-order valence-electron chi connectivity index (χ1n) is 8.65. The highest BCUT2D eigenvalue weighted by Gasteiger charge is 2.32. The highest BCUT2D eigenvalue weighted by atomic mass is 35.5. The number of likely N-dealkylation sites (tertiary alicyclic amines) is 1. The topological polar surface area (TPSA) is 69.2 Å². The minimum atomic E-state index is -0.330. The van der Waals surface area contributed by atoms with Crippen LogP contribution >= 0.6 is 23.4 Å². The Kier molecular flexibility index (Phi) is 5.18. The zero-order chi connectivity index (χ0) is 18.1. The lowest BCUT2D eigenvalue weighted by atomic mass is 10.1. The van der Waals surface area contributed by atoms with Gasteiger partial charge in [0.25, 0.3) is 5.56 Å². The Morgan fingerprint density at radius 2 is 2.12 bits per heavy atom. The fourth-order valence-electron chi connectivity index (χ4n) is 3.56. The van der Waals surface area contributed by atoms with Gasteiger partial charge in [-0.1, -0.05) is 17.7 Å². The summed E-state index contributed by atoms with van der Waals surface area (Å²) < 4.78 is 0. The van der Waals surface area contributed by atoms with E-state index in [-0.39, 0.29) is 17.6 Å². The normalized spacial score (nSPS) is 22.5. The van der Waals surface area contributed by atoms with Gasteiger partial charge in [-0.3, -0.25) is 9.69 Å². The van der Waals surface area contributed by atoms with Gasteiger partial charge in [0.1, 0.15) is 0 Å². The molecular weight excluding hydrogens is 370 g/mol. The van der Waals surface area contributed by atoms with Gasteiger partial charge in [0.2, 0.25) is 0 Å². The third kappa shape index (κ3) is 3.74. The van der Waals surface area contributed by atoms with E-state index < -0.39 is 0 Å². The maximum absolute atomic E-state index is 11.8. The number of nitrogens with one attached hydrogen (secondary N) is 1. The summed E-state index contributed by atoms with van der Waals surface area (Å²) in [6.45, 7) is 2.22. The first kappa shape index (κ1) is 17.8. The highest BCUT2D eigenvalue weighted by molar-refractivity contribution is 7.99. The molecule has 2 aromatic rings. The van der Waals surface area contributed by atoms with E-state index in [0.717, 1.165) is 45.6 Å². The molecule has 1 aromatic heterocycles. The Morgan fingerprint density at radius 1 is 1.31 bits per heavy atom. The average molecular weight is 390 g/mol. The molecule has 0 saturated carbocycles. The van der Waals surface area contributed by atoms with Gasteiger partial charge >= 0.3 is 0 Å². The van der Waals surface area contributed by atoms with Crippen molar-refractivity contribution in [2.24, 2.45) is 5.92 Å². The minimum absolute atomic E-state index is 0.0556. The number of nitrogens with zero attached hydrogens (tertiary/aromatic N) is 2. The number of hydrogen-bond donors (Lipinski definition) is 2. The summed E-state index contributed by atoms with van der Waals surface area (Å²) in [6, 6.07) is 7.80. The van der Waals surface area contributed by atoms with E-state index in [1.54, 1.807) is 11.8 Å². The van der Waals surface area contributed by atoms with Crippen molar-refractivity contribution >= 4 is 28.9 Å². The van der Waals surface area contributed by atoms with Gasteiger partial charge in [0.15, 0.2) is 0 Å². The molecule has 0 radical (unpaired) electrons. The average Bonchev–Trinajstić information content (AvgIpc) is 3.19. The molecule has 2 N–H and O–H groups in total. The van der Waals surface area contributed by atoms with Crippen LogP contribution in [0.25, 0.3) is 5.57 Å². The van der Waals surface area contributed by atoms with E-state index in [0.29, 0.717) is 13.0 Å². The van der Waals surface area contributed by atoms with Gasteiger partial charge in [-0.05, 0) is 36.3 Å². The Hall–Kier alpha value is -1.60. The lowest BCUT2D eigenvalue weighted by molar-refractivity contribution is 0.151. The number of aromatic amines is 1. The van der Waals surface area contributed by atoms with Gasteiger partial charge in [0.05, 0.1) is 18.1 Å². The zero-order valence-corrected chi connectivity index (χ0v) is 15.8. The summed E-state index contributed by atoms with van der Waals surface area (Å²) in [7, 11) is 0. The lowest BCUT2D eigenvalue weighted by Gasteiger charge is -2.16.